The number of hydrogen-bond donors (Lipinski definition) is 5. The van der Waals surface area contributed by atoms with Crippen molar-refractivity contribution in [1.82, 2.24) is 5.32 Å². The van der Waals surface area contributed by atoms with Gasteiger partial charge in [0.15, 0.2) is 0 Å². The van der Waals surface area contributed by atoms with Crippen LogP contribution in [0.2, 0.25) is 10.0 Å². The Hall–Kier alpha value is -2.98. The van der Waals surface area contributed by atoms with Gasteiger partial charge in [-0.3, -0.25) is 24.5 Å². The van der Waals surface area contributed by atoms with E-state index >= 15 is 0 Å². The smallest absolute Gasteiger partial charge is 1.00 e. The fourth-order valence-electron chi connectivity index (χ4n) is 6.33. The number of ether oxygens (including phenoxy) is 2. The fourth-order valence-corrected chi connectivity index (χ4v) is 8.73. The Bertz CT molecular complexity index is 3230. The predicted molar refractivity (Wildman–Crippen MR) is 280 cm³/mol. The minimum Gasteiger partial charge on any atom is -1.00 e. The third-order valence-corrected chi connectivity index (χ3v) is 12.1. The summed E-state index contributed by atoms with van der Waals surface area (Å²) in [7, 11) is 0. The molecule has 2 aromatic heterocycles. The molecule has 0 bridgehead atoms. The van der Waals surface area contributed by atoms with Crippen molar-refractivity contribution >= 4 is 170 Å². The maximum absolute atomic E-state index is 13.3. The average Bonchev–Trinajstić information content (AvgIpc) is 3.92. The van der Waals surface area contributed by atoms with Crippen molar-refractivity contribution in [2.45, 2.75) is 42.4 Å². The van der Waals surface area contributed by atoms with Crippen LogP contribution in [-0.2, 0) is 33.5 Å². The number of fused-ring (bicyclic) bond motifs is 4. The largest absolute Gasteiger partial charge is 1.00 e. The van der Waals surface area contributed by atoms with Gasteiger partial charge >= 0.3 is 115 Å². The first-order valence-corrected chi connectivity index (χ1v) is 24.1. The SMILES string of the molecule is CC(C)(C)O.NC(=O)OC(C(=O)Nc1ccc2ccccc2c1)c1csc2ccc(Cl)cc12.O=C(NC(=O)C(Cl)(Cl)Cl)OC(C(=O)Nc1ccc2ccccc2c1)c1csc2ccc(Cl)cc12.O=CO[O-].[H-].[K+].[K+]. The van der Waals surface area contributed by atoms with Crippen molar-refractivity contribution in [2.75, 3.05) is 10.6 Å². The fraction of sp³-hybridized carbons (Fsp3) is 0.143. The maximum Gasteiger partial charge on any atom is 1.00 e. The molecule has 0 spiro atoms. The van der Waals surface area contributed by atoms with Gasteiger partial charge in [0.05, 0.1) is 5.60 Å². The average molecular weight is 1180 g/mol. The van der Waals surface area contributed by atoms with Crippen LogP contribution in [0.1, 0.15) is 45.5 Å². The first-order valence-electron chi connectivity index (χ1n) is 20.5. The number of alkyl halides is 3. The van der Waals surface area contributed by atoms with Crippen LogP contribution < -0.4 is 130 Å². The number of alkyl carbamates (subject to hydrolysis) is 1. The zero-order valence-electron chi connectivity index (χ0n) is 40.2. The van der Waals surface area contributed by atoms with Gasteiger partial charge in [0.25, 0.3) is 28.0 Å². The van der Waals surface area contributed by atoms with Crippen molar-refractivity contribution in [2.24, 2.45) is 5.73 Å². The number of rotatable bonds is 9. The number of thiophene rings is 2. The number of aliphatic hydroxyl groups is 1. The van der Waals surface area contributed by atoms with Crippen molar-refractivity contribution in [3.8, 4) is 0 Å². The first-order chi connectivity index (χ1) is 33.5. The second-order valence-corrected chi connectivity index (χ2v) is 20.7. The topological polar surface area (TPSA) is 236 Å². The summed E-state index contributed by atoms with van der Waals surface area (Å²) in [5.74, 6) is -2.35. The van der Waals surface area contributed by atoms with Crippen molar-refractivity contribution in [3.05, 3.63) is 153 Å². The number of nitrogens with one attached hydrogen (secondary N) is 3. The van der Waals surface area contributed by atoms with E-state index in [0.717, 1.165) is 36.3 Å². The molecule has 24 heteroatoms. The van der Waals surface area contributed by atoms with Crippen LogP contribution in [0, 0.1) is 0 Å². The molecule has 15 nitrogen and oxygen atoms in total. The third-order valence-electron chi connectivity index (χ3n) is 9.18. The van der Waals surface area contributed by atoms with Gasteiger partial charge in [-0.05, 0) is 114 Å². The summed E-state index contributed by atoms with van der Waals surface area (Å²) in [6.07, 6.45) is -4.89. The summed E-state index contributed by atoms with van der Waals surface area (Å²) < 4.78 is 9.86. The zero-order valence-corrected chi connectivity index (χ0v) is 50.9. The summed E-state index contributed by atoms with van der Waals surface area (Å²) >= 11 is 31.5. The van der Waals surface area contributed by atoms with E-state index in [4.69, 9.17) is 88.4 Å². The zero-order chi connectivity index (χ0) is 52.0. The Morgan fingerprint density at radius 1 is 0.658 bits per heavy atom. The first kappa shape index (κ1) is 64.3. The molecule has 0 radical (unpaired) electrons. The number of carbonyl (C=O) groups is 6. The number of halogens is 5. The van der Waals surface area contributed by atoms with E-state index in [-0.39, 0.29) is 111 Å². The molecule has 0 aliphatic carbocycles. The van der Waals surface area contributed by atoms with Crippen molar-refractivity contribution in [3.63, 3.8) is 0 Å². The molecule has 0 aliphatic heterocycles. The molecule has 73 heavy (non-hydrogen) atoms. The van der Waals surface area contributed by atoms with Crippen LogP contribution in [-0.4, -0.2) is 50.9 Å². The summed E-state index contributed by atoms with van der Waals surface area (Å²) in [6.45, 7) is 5.05. The molecule has 2 unspecified atom stereocenters. The van der Waals surface area contributed by atoms with Crippen LogP contribution in [0.25, 0.3) is 41.7 Å². The Morgan fingerprint density at radius 3 is 1.41 bits per heavy atom. The second-order valence-electron chi connectivity index (χ2n) is 15.7. The van der Waals surface area contributed by atoms with Crippen LogP contribution in [0.5, 0.6) is 0 Å². The molecule has 2 heterocycles. The molecule has 6 N–H and O–H groups in total. The number of hydrogen-bond acceptors (Lipinski definition) is 13. The predicted octanol–water partition coefficient (Wildman–Crippen LogP) is 5.83. The monoisotopic (exact) mass is 1180 g/mol. The van der Waals surface area contributed by atoms with Crippen LogP contribution in [0.15, 0.2) is 132 Å². The Balaban J connectivity index is 0.000000425. The van der Waals surface area contributed by atoms with Gasteiger partial charge in [-0.2, -0.15) is 0 Å². The van der Waals surface area contributed by atoms with E-state index in [1.54, 1.807) is 80.1 Å². The number of carbonyl (C=O) groups excluding carboxylic acids is 6. The Morgan fingerprint density at radius 2 is 1.04 bits per heavy atom. The van der Waals surface area contributed by atoms with Gasteiger partial charge in [0.2, 0.25) is 12.2 Å². The maximum atomic E-state index is 13.3. The minimum atomic E-state index is -2.38. The van der Waals surface area contributed by atoms with Gasteiger partial charge in [-0.15, -0.1) is 22.7 Å². The van der Waals surface area contributed by atoms with Crippen molar-refractivity contribution < 1.29 is 158 Å². The van der Waals surface area contributed by atoms with Gasteiger partial charge < -0.3 is 42.5 Å². The van der Waals surface area contributed by atoms with Gasteiger partial charge in [-0.25, -0.2) is 9.59 Å². The number of anilines is 2. The molecule has 0 saturated heterocycles. The molecule has 5 amide bonds. The van der Waals surface area contributed by atoms with E-state index in [1.165, 1.54) is 22.7 Å². The molecule has 372 valence electrons. The second kappa shape index (κ2) is 30.1. The molecular formula is C49H41Cl5K2N4O11S2. The summed E-state index contributed by atoms with van der Waals surface area (Å²) in [6, 6.07) is 36.9. The molecular weight excluding hydrogens is 1140 g/mol. The molecule has 0 aliphatic rings. The van der Waals surface area contributed by atoms with Gasteiger partial charge in [0.1, 0.15) is 0 Å². The summed E-state index contributed by atoms with van der Waals surface area (Å²) in [5.41, 5.74) is 6.73. The van der Waals surface area contributed by atoms with E-state index in [0.29, 0.717) is 37.9 Å². The van der Waals surface area contributed by atoms with E-state index < -0.39 is 51.5 Å². The molecule has 6 aromatic carbocycles. The molecule has 8 aromatic rings. The molecule has 2 atom stereocenters. The minimum absolute atomic E-state index is 0. The Kier molecular flexibility index (Phi) is 26.5. The molecule has 0 fully saturated rings. The quantitative estimate of drug-likeness (QED) is 0.0380. The summed E-state index contributed by atoms with van der Waals surface area (Å²) in [4.78, 5) is 73.2. The third kappa shape index (κ3) is 20.2. The van der Waals surface area contributed by atoms with E-state index in [9.17, 15) is 24.0 Å². The number of nitrogens with two attached hydrogens (primary N) is 1. The molecule has 0 saturated carbocycles. The number of primary amides is 1. The van der Waals surface area contributed by atoms with Crippen LogP contribution in [0.4, 0.5) is 21.0 Å². The Labute approximate surface area is 537 Å². The van der Waals surface area contributed by atoms with E-state index in [2.05, 4.69) is 15.5 Å². The van der Waals surface area contributed by atoms with Gasteiger partial charge in [0, 0.05) is 52.7 Å². The number of benzene rings is 6. The normalized spacial score (nSPS) is 11.5. The van der Waals surface area contributed by atoms with E-state index in [1.807, 2.05) is 78.1 Å². The van der Waals surface area contributed by atoms with Crippen molar-refractivity contribution in [1.29, 1.82) is 0 Å². The van der Waals surface area contributed by atoms with Crippen LogP contribution in [0.3, 0.4) is 0 Å². The molecule has 8 rings (SSSR count). The standard InChI is InChI=1S/C23H14Cl4N2O4S.C21H15ClN2O3S.C4H10O.CH2O3.2K.H/c24-14-6-8-18-16(10-14)17(11-34-18)19(33-22(32)29-21(31)23(25,26)27)20(30)28-15-7-5-12-3-1-2-4-13(12)9-15;22-14-6-8-18-16(10-14)17(11-28-18)19(27-21(23)26)20(25)24-15-7-5-12-3-1-2-4-13(12)9-15;1-4(2,3)5;2-1-4-3;;;/h1-11,19H,(H,28,30)(H,29,31,32);1-11,19H,(H2,23,26)(H,24,25);5H,1-3H3;1,3H;;;/q;;;;2*+1;-1/p-1. The van der Waals surface area contributed by atoms with Gasteiger partial charge in [-0.1, -0.05) is 119 Å². The van der Waals surface area contributed by atoms with Crippen LogP contribution >= 0.6 is 80.7 Å². The summed E-state index contributed by atoms with van der Waals surface area (Å²) in [5, 5.41) is 34.1. The number of imide groups is 1. The number of amides is 5.